The average Bonchev–Trinajstić information content (AvgIpc) is 3.27. The molecule has 0 radical (unpaired) electrons. The topological polar surface area (TPSA) is 150 Å². The van der Waals surface area contributed by atoms with Crippen LogP contribution in [0.25, 0.3) is 0 Å². The highest BCUT2D eigenvalue weighted by atomic mass is 32.1. The SMILES string of the molecule is CCOC(=O)OCCN(CCOC(=O)OCC)c1cc(NC(C)=O)c(N=Nc2ncc(C)s2)cc1OC. The Kier molecular flexibility index (Phi) is 12.1. The second kappa shape index (κ2) is 15.2. The number of methoxy groups -OCH3 is 1. The van der Waals surface area contributed by atoms with Crippen LogP contribution >= 0.6 is 11.3 Å². The number of rotatable bonds is 13. The molecule has 202 valence electrons. The van der Waals surface area contributed by atoms with Crippen LogP contribution in [0.1, 0.15) is 25.6 Å². The van der Waals surface area contributed by atoms with Crippen molar-refractivity contribution in [2.75, 3.05) is 56.8 Å². The highest BCUT2D eigenvalue weighted by molar-refractivity contribution is 7.15. The van der Waals surface area contributed by atoms with Crippen LogP contribution < -0.4 is 15.0 Å². The maximum atomic E-state index is 11.9. The van der Waals surface area contributed by atoms with Gasteiger partial charge in [-0.3, -0.25) is 4.79 Å². The smallest absolute Gasteiger partial charge is 0.494 e. The molecule has 2 aromatic rings. The lowest BCUT2D eigenvalue weighted by atomic mass is 10.2. The van der Waals surface area contributed by atoms with E-state index in [0.717, 1.165) is 4.88 Å². The summed E-state index contributed by atoms with van der Waals surface area (Å²) in [7, 11) is 1.48. The van der Waals surface area contributed by atoms with E-state index in [9.17, 15) is 14.4 Å². The van der Waals surface area contributed by atoms with Crippen LogP contribution in [0.4, 0.5) is 31.8 Å². The first-order chi connectivity index (χ1) is 17.8. The first kappa shape index (κ1) is 29.3. The Bertz CT molecular complexity index is 1070. The summed E-state index contributed by atoms with van der Waals surface area (Å²) in [6.45, 7) is 7.31. The molecule has 0 fully saturated rings. The molecule has 1 N–H and O–H groups in total. The van der Waals surface area contributed by atoms with E-state index in [1.54, 1.807) is 37.1 Å². The third kappa shape index (κ3) is 9.91. The van der Waals surface area contributed by atoms with E-state index in [1.165, 1.54) is 25.4 Å². The van der Waals surface area contributed by atoms with Gasteiger partial charge in [-0.25, -0.2) is 14.6 Å². The lowest BCUT2D eigenvalue weighted by Crippen LogP contribution is -2.32. The van der Waals surface area contributed by atoms with Crippen molar-refractivity contribution in [3.05, 3.63) is 23.2 Å². The van der Waals surface area contributed by atoms with Gasteiger partial charge in [-0.05, 0) is 26.8 Å². The maximum Gasteiger partial charge on any atom is 0.508 e. The van der Waals surface area contributed by atoms with E-state index in [0.29, 0.717) is 27.9 Å². The Hall–Kier alpha value is -3.94. The van der Waals surface area contributed by atoms with Gasteiger partial charge >= 0.3 is 12.3 Å². The number of amides is 1. The molecule has 0 saturated heterocycles. The summed E-state index contributed by atoms with van der Waals surface area (Å²) in [5, 5.41) is 11.6. The molecule has 0 aliphatic carbocycles. The molecule has 0 spiro atoms. The fourth-order valence-electron chi connectivity index (χ4n) is 2.98. The summed E-state index contributed by atoms with van der Waals surface area (Å²) in [5.74, 6) is 0.0751. The van der Waals surface area contributed by atoms with Crippen molar-refractivity contribution < 1.29 is 38.1 Å². The van der Waals surface area contributed by atoms with E-state index in [-0.39, 0.29) is 45.4 Å². The van der Waals surface area contributed by atoms with Gasteiger partial charge in [-0.1, -0.05) is 11.3 Å². The Morgan fingerprint density at radius 2 is 1.62 bits per heavy atom. The summed E-state index contributed by atoms with van der Waals surface area (Å²) < 4.78 is 25.4. The number of carbonyl (C=O) groups excluding carboxylic acids is 3. The summed E-state index contributed by atoms with van der Waals surface area (Å²) in [5.41, 5.74) is 1.23. The first-order valence-electron chi connectivity index (χ1n) is 11.4. The number of hydrogen-bond donors (Lipinski definition) is 1. The fourth-order valence-corrected chi connectivity index (χ4v) is 3.56. The highest BCUT2D eigenvalue weighted by Crippen LogP contribution is 2.39. The van der Waals surface area contributed by atoms with Gasteiger partial charge in [-0.15, -0.1) is 10.2 Å². The van der Waals surface area contributed by atoms with Gasteiger partial charge in [0.2, 0.25) is 11.0 Å². The van der Waals surface area contributed by atoms with Crippen molar-refractivity contribution in [2.45, 2.75) is 27.7 Å². The number of aryl methyl sites for hydroxylation is 1. The average molecular weight is 538 g/mol. The summed E-state index contributed by atoms with van der Waals surface area (Å²) in [4.78, 5) is 42.1. The third-order valence-corrected chi connectivity index (χ3v) is 5.28. The monoisotopic (exact) mass is 537 g/mol. The minimum absolute atomic E-state index is 0.0261. The third-order valence-electron chi connectivity index (χ3n) is 4.49. The maximum absolute atomic E-state index is 11.9. The summed E-state index contributed by atoms with van der Waals surface area (Å²) in [6.07, 6.45) is 0.0834. The minimum atomic E-state index is -0.802. The van der Waals surface area contributed by atoms with Gasteiger partial charge < -0.3 is 33.9 Å². The zero-order chi connectivity index (χ0) is 27.2. The normalized spacial score (nSPS) is 10.6. The van der Waals surface area contributed by atoms with Crippen molar-refractivity contribution in [1.29, 1.82) is 0 Å². The number of carbonyl (C=O) groups is 3. The van der Waals surface area contributed by atoms with E-state index in [4.69, 9.17) is 23.7 Å². The van der Waals surface area contributed by atoms with Gasteiger partial charge in [0.25, 0.3) is 0 Å². The molecule has 1 heterocycles. The van der Waals surface area contributed by atoms with E-state index < -0.39 is 12.3 Å². The molecule has 1 aromatic heterocycles. The van der Waals surface area contributed by atoms with E-state index >= 15 is 0 Å². The molecule has 0 aliphatic heterocycles. The van der Waals surface area contributed by atoms with Crippen molar-refractivity contribution in [1.82, 2.24) is 4.98 Å². The number of thiazole rings is 1. The largest absolute Gasteiger partial charge is 0.508 e. The number of anilines is 2. The molecule has 1 amide bonds. The molecular weight excluding hydrogens is 506 g/mol. The number of hydrogen-bond acceptors (Lipinski definition) is 13. The summed E-state index contributed by atoms with van der Waals surface area (Å²) >= 11 is 1.37. The molecule has 2 rings (SSSR count). The van der Waals surface area contributed by atoms with Crippen molar-refractivity contribution in [2.24, 2.45) is 10.2 Å². The lowest BCUT2D eigenvalue weighted by Gasteiger charge is -2.27. The second-order valence-corrected chi connectivity index (χ2v) is 8.44. The van der Waals surface area contributed by atoms with E-state index in [2.05, 4.69) is 20.5 Å². The Morgan fingerprint density at radius 3 is 2.11 bits per heavy atom. The zero-order valence-electron chi connectivity index (χ0n) is 21.4. The highest BCUT2D eigenvalue weighted by Gasteiger charge is 2.19. The van der Waals surface area contributed by atoms with Crippen LogP contribution in [0.2, 0.25) is 0 Å². The van der Waals surface area contributed by atoms with Crippen LogP contribution in [0.15, 0.2) is 28.6 Å². The van der Waals surface area contributed by atoms with Crippen LogP contribution in [-0.4, -0.2) is 69.8 Å². The molecular formula is C23H31N5O8S. The molecule has 1 aromatic carbocycles. The molecule has 37 heavy (non-hydrogen) atoms. The van der Waals surface area contributed by atoms with Gasteiger partial charge in [0.05, 0.1) is 44.8 Å². The Morgan fingerprint density at radius 1 is 1.00 bits per heavy atom. The molecule has 0 unspecified atom stereocenters. The fraction of sp³-hybridized carbons (Fsp3) is 0.478. The van der Waals surface area contributed by atoms with Gasteiger partial charge in [0, 0.05) is 24.1 Å². The molecule has 0 atom stereocenters. The van der Waals surface area contributed by atoms with Crippen LogP contribution in [0, 0.1) is 6.92 Å². The minimum Gasteiger partial charge on any atom is -0.494 e. The molecule has 14 heteroatoms. The van der Waals surface area contributed by atoms with Crippen LogP contribution in [0.3, 0.4) is 0 Å². The van der Waals surface area contributed by atoms with Gasteiger partial charge in [0.1, 0.15) is 24.7 Å². The number of azo groups is 1. The van der Waals surface area contributed by atoms with E-state index in [1.807, 2.05) is 6.92 Å². The Labute approximate surface area is 218 Å². The number of benzene rings is 1. The summed E-state index contributed by atoms with van der Waals surface area (Å²) in [6, 6.07) is 3.26. The van der Waals surface area contributed by atoms with Crippen molar-refractivity contribution in [3.8, 4) is 5.75 Å². The van der Waals surface area contributed by atoms with Crippen LogP contribution in [-0.2, 0) is 23.7 Å². The quantitative estimate of drug-likeness (QED) is 0.273. The van der Waals surface area contributed by atoms with Crippen molar-refractivity contribution in [3.63, 3.8) is 0 Å². The first-order valence-corrected chi connectivity index (χ1v) is 12.3. The number of aromatic nitrogens is 1. The van der Waals surface area contributed by atoms with Crippen LogP contribution in [0.5, 0.6) is 5.75 Å². The second-order valence-electron chi connectivity index (χ2n) is 7.23. The van der Waals surface area contributed by atoms with Crippen molar-refractivity contribution >= 4 is 51.7 Å². The molecule has 13 nitrogen and oxygen atoms in total. The number of nitrogens with zero attached hydrogens (tertiary/aromatic N) is 4. The zero-order valence-corrected chi connectivity index (χ0v) is 22.3. The predicted molar refractivity (Wildman–Crippen MR) is 136 cm³/mol. The number of nitrogens with one attached hydrogen (secondary N) is 1. The molecule has 0 bridgehead atoms. The number of ether oxygens (including phenoxy) is 5. The molecule has 0 saturated carbocycles. The molecule has 0 aliphatic rings. The lowest BCUT2D eigenvalue weighted by molar-refractivity contribution is -0.114. The van der Waals surface area contributed by atoms with Gasteiger partial charge in [-0.2, -0.15) is 0 Å². The predicted octanol–water partition coefficient (Wildman–Crippen LogP) is 4.99. The standard InChI is InChI=1S/C23H31N5O8S/c1-6-33-22(30)35-10-8-28(9-11-36-23(31)34-7-2)19-12-17(25-16(4)29)18(13-20(19)32-5)26-27-21-24-14-15(3)37-21/h12-14H,6-11H2,1-5H3,(H,25,29). The Balaban J connectivity index is 2.37. The van der Waals surface area contributed by atoms with Gasteiger partial charge in [0.15, 0.2) is 0 Å².